The van der Waals surface area contributed by atoms with E-state index in [0.29, 0.717) is 5.92 Å². The largest absolute Gasteiger partial charge is 0.381 e. The minimum Gasteiger partial charge on any atom is -0.381 e. The van der Waals surface area contributed by atoms with Gasteiger partial charge in [0.1, 0.15) is 12.1 Å². The third-order valence-corrected chi connectivity index (χ3v) is 3.41. The Morgan fingerprint density at radius 2 is 2.44 bits per heavy atom. The summed E-state index contributed by atoms with van der Waals surface area (Å²) in [4.78, 5) is 4.22. The summed E-state index contributed by atoms with van der Waals surface area (Å²) >= 11 is 0. The highest BCUT2D eigenvalue weighted by Gasteiger charge is 2.15. The van der Waals surface area contributed by atoms with Crippen LogP contribution >= 0.6 is 0 Å². The summed E-state index contributed by atoms with van der Waals surface area (Å²) in [6.07, 6.45) is 3.92. The molecule has 0 amide bonds. The molecular weight excluding hydrogens is 228 g/mol. The van der Waals surface area contributed by atoms with Crippen molar-refractivity contribution in [2.45, 2.75) is 19.8 Å². The van der Waals surface area contributed by atoms with Gasteiger partial charge in [-0.1, -0.05) is 0 Å². The number of pyridine rings is 1. The Morgan fingerprint density at radius 3 is 3.28 bits per heavy atom. The molecule has 1 saturated heterocycles. The van der Waals surface area contributed by atoms with Gasteiger partial charge in [-0.25, -0.2) is 4.98 Å². The monoisotopic (exact) mass is 246 g/mol. The van der Waals surface area contributed by atoms with Crippen molar-refractivity contribution < 1.29 is 4.74 Å². The van der Waals surface area contributed by atoms with E-state index in [4.69, 9.17) is 4.74 Å². The van der Waals surface area contributed by atoms with Gasteiger partial charge in [-0.05, 0) is 43.4 Å². The minimum absolute atomic E-state index is 0.702. The fraction of sp³-hybridized carbons (Fsp3) is 0.538. The SMILES string of the molecule is Cc1cc(NCCC2CCOC2)n2ncnc2c1. The Kier molecular flexibility index (Phi) is 3.15. The number of anilines is 1. The molecule has 1 fully saturated rings. The average Bonchev–Trinajstić information content (AvgIpc) is 2.98. The van der Waals surface area contributed by atoms with Gasteiger partial charge in [0.2, 0.25) is 0 Å². The lowest BCUT2D eigenvalue weighted by molar-refractivity contribution is 0.185. The van der Waals surface area contributed by atoms with E-state index in [-0.39, 0.29) is 0 Å². The summed E-state index contributed by atoms with van der Waals surface area (Å²) in [5.41, 5.74) is 2.09. The van der Waals surface area contributed by atoms with Gasteiger partial charge in [0.15, 0.2) is 5.65 Å². The molecule has 1 atom stereocenters. The van der Waals surface area contributed by atoms with Gasteiger partial charge in [0, 0.05) is 19.8 Å². The van der Waals surface area contributed by atoms with Gasteiger partial charge in [0.25, 0.3) is 0 Å². The van der Waals surface area contributed by atoms with Gasteiger partial charge >= 0.3 is 0 Å². The number of hydrogen-bond acceptors (Lipinski definition) is 4. The molecular formula is C13H18N4O. The second kappa shape index (κ2) is 4.94. The fourth-order valence-electron chi connectivity index (χ4n) is 2.40. The predicted molar refractivity (Wildman–Crippen MR) is 69.8 cm³/mol. The van der Waals surface area contributed by atoms with E-state index in [1.807, 2.05) is 10.6 Å². The number of nitrogens with zero attached hydrogens (tertiary/aromatic N) is 3. The molecule has 18 heavy (non-hydrogen) atoms. The van der Waals surface area contributed by atoms with Crippen LogP contribution in [0.15, 0.2) is 18.5 Å². The molecule has 5 nitrogen and oxygen atoms in total. The molecule has 0 aromatic carbocycles. The highest BCUT2D eigenvalue weighted by Crippen LogP contribution is 2.17. The second-order valence-corrected chi connectivity index (χ2v) is 4.89. The minimum atomic E-state index is 0.702. The zero-order valence-corrected chi connectivity index (χ0v) is 10.6. The number of nitrogens with one attached hydrogen (secondary N) is 1. The van der Waals surface area contributed by atoms with Crippen molar-refractivity contribution in [1.82, 2.24) is 14.6 Å². The molecule has 3 heterocycles. The summed E-state index contributed by atoms with van der Waals surface area (Å²) in [5, 5.41) is 7.67. The molecule has 1 N–H and O–H groups in total. The molecule has 0 radical (unpaired) electrons. The van der Waals surface area contributed by atoms with Crippen LogP contribution in [-0.4, -0.2) is 34.4 Å². The van der Waals surface area contributed by atoms with Crippen molar-refractivity contribution in [2.24, 2.45) is 5.92 Å². The van der Waals surface area contributed by atoms with Gasteiger partial charge in [0.05, 0.1) is 0 Å². The number of hydrogen-bond donors (Lipinski definition) is 1. The van der Waals surface area contributed by atoms with Crippen LogP contribution in [0.2, 0.25) is 0 Å². The number of aryl methyl sites for hydroxylation is 1. The van der Waals surface area contributed by atoms with Crippen LogP contribution in [0.1, 0.15) is 18.4 Å². The standard InChI is InChI=1S/C13H18N4O/c1-10-6-12(17-13(7-10)15-9-16-17)14-4-2-11-3-5-18-8-11/h6-7,9,11,14H,2-5,8H2,1H3. The summed E-state index contributed by atoms with van der Waals surface area (Å²) in [6, 6.07) is 4.13. The molecule has 3 rings (SSSR count). The first-order chi connectivity index (χ1) is 8.83. The summed E-state index contributed by atoms with van der Waals surface area (Å²) in [6.45, 7) is 4.85. The van der Waals surface area contributed by atoms with Gasteiger partial charge in [-0.3, -0.25) is 0 Å². The van der Waals surface area contributed by atoms with E-state index >= 15 is 0 Å². The quantitative estimate of drug-likeness (QED) is 0.895. The lowest BCUT2D eigenvalue weighted by atomic mass is 10.1. The Hall–Kier alpha value is -1.62. The number of aromatic nitrogens is 3. The molecule has 1 aliphatic heterocycles. The van der Waals surface area contributed by atoms with Crippen molar-refractivity contribution in [3.8, 4) is 0 Å². The molecule has 2 aromatic heterocycles. The molecule has 1 aliphatic rings. The Balaban J connectivity index is 1.67. The fourth-order valence-corrected chi connectivity index (χ4v) is 2.40. The molecule has 1 unspecified atom stereocenters. The highest BCUT2D eigenvalue weighted by atomic mass is 16.5. The second-order valence-electron chi connectivity index (χ2n) is 4.89. The molecule has 2 aromatic rings. The Bertz CT molecular complexity index is 531. The third-order valence-electron chi connectivity index (χ3n) is 3.41. The number of fused-ring (bicyclic) bond motifs is 1. The third kappa shape index (κ3) is 2.31. The van der Waals surface area contributed by atoms with E-state index in [9.17, 15) is 0 Å². The molecule has 0 saturated carbocycles. The highest BCUT2D eigenvalue weighted by molar-refractivity contribution is 5.51. The average molecular weight is 246 g/mol. The zero-order chi connectivity index (χ0) is 12.4. The van der Waals surface area contributed by atoms with Crippen molar-refractivity contribution in [3.63, 3.8) is 0 Å². The van der Waals surface area contributed by atoms with E-state index in [2.05, 4.69) is 28.4 Å². The van der Waals surface area contributed by atoms with Crippen LogP contribution in [0.25, 0.3) is 5.65 Å². The lowest BCUT2D eigenvalue weighted by Gasteiger charge is -2.11. The van der Waals surface area contributed by atoms with Crippen LogP contribution in [0, 0.1) is 12.8 Å². The Morgan fingerprint density at radius 1 is 1.50 bits per heavy atom. The zero-order valence-electron chi connectivity index (χ0n) is 10.6. The van der Waals surface area contributed by atoms with Crippen LogP contribution in [0.5, 0.6) is 0 Å². The topological polar surface area (TPSA) is 51.5 Å². The molecule has 96 valence electrons. The lowest BCUT2D eigenvalue weighted by Crippen LogP contribution is -2.11. The van der Waals surface area contributed by atoms with Crippen LogP contribution in [-0.2, 0) is 4.74 Å². The number of rotatable bonds is 4. The summed E-state index contributed by atoms with van der Waals surface area (Å²) < 4.78 is 7.23. The van der Waals surface area contributed by atoms with Crippen molar-refractivity contribution in [2.75, 3.05) is 25.1 Å². The van der Waals surface area contributed by atoms with Crippen LogP contribution in [0.3, 0.4) is 0 Å². The Labute approximate surface area is 106 Å². The molecule has 0 aliphatic carbocycles. The van der Waals surface area contributed by atoms with Crippen molar-refractivity contribution in [3.05, 3.63) is 24.0 Å². The van der Waals surface area contributed by atoms with Gasteiger partial charge in [-0.15, -0.1) is 0 Å². The van der Waals surface area contributed by atoms with E-state index in [0.717, 1.165) is 37.6 Å². The van der Waals surface area contributed by atoms with Crippen molar-refractivity contribution >= 4 is 11.5 Å². The van der Waals surface area contributed by atoms with Crippen LogP contribution < -0.4 is 5.32 Å². The smallest absolute Gasteiger partial charge is 0.157 e. The maximum atomic E-state index is 5.38. The van der Waals surface area contributed by atoms with E-state index < -0.39 is 0 Å². The van der Waals surface area contributed by atoms with Gasteiger partial charge in [-0.2, -0.15) is 9.61 Å². The molecule has 0 bridgehead atoms. The first-order valence-electron chi connectivity index (χ1n) is 6.45. The molecule has 0 spiro atoms. The first-order valence-corrected chi connectivity index (χ1v) is 6.45. The van der Waals surface area contributed by atoms with E-state index in [1.165, 1.54) is 12.0 Å². The first kappa shape index (κ1) is 11.5. The van der Waals surface area contributed by atoms with Gasteiger partial charge < -0.3 is 10.1 Å². The van der Waals surface area contributed by atoms with E-state index in [1.54, 1.807) is 6.33 Å². The molecule has 5 heteroatoms. The maximum Gasteiger partial charge on any atom is 0.157 e. The van der Waals surface area contributed by atoms with Crippen molar-refractivity contribution in [1.29, 1.82) is 0 Å². The maximum absolute atomic E-state index is 5.38. The van der Waals surface area contributed by atoms with Crippen LogP contribution in [0.4, 0.5) is 5.82 Å². The summed E-state index contributed by atoms with van der Waals surface area (Å²) in [5.74, 6) is 1.72. The summed E-state index contributed by atoms with van der Waals surface area (Å²) in [7, 11) is 0. The number of ether oxygens (including phenoxy) is 1. The normalized spacial score (nSPS) is 19.5. The predicted octanol–water partition coefficient (Wildman–Crippen LogP) is 1.88.